The Kier molecular flexibility index (Phi) is 5.85. The van der Waals surface area contributed by atoms with Crippen LogP contribution in [0.1, 0.15) is 40.7 Å². The third-order valence-electron chi connectivity index (χ3n) is 4.91. The van der Waals surface area contributed by atoms with Crippen LogP contribution >= 0.6 is 22.9 Å². The Morgan fingerprint density at radius 2 is 2.04 bits per heavy atom. The van der Waals surface area contributed by atoms with Gasteiger partial charge in [0.05, 0.1) is 0 Å². The first-order chi connectivity index (χ1) is 13.6. The van der Waals surface area contributed by atoms with Gasteiger partial charge in [0, 0.05) is 47.1 Å². The number of pyridine rings is 1. The van der Waals surface area contributed by atoms with Gasteiger partial charge in [0.1, 0.15) is 16.8 Å². The molecule has 0 saturated carbocycles. The van der Waals surface area contributed by atoms with E-state index in [-0.39, 0.29) is 0 Å². The van der Waals surface area contributed by atoms with Gasteiger partial charge in [-0.2, -0.15) is 0 Å². The van der Waals surface area contributed by atoms with Crippen molar-refractivity contribution in [1.82, 2.24) is 24.8 Å². The molecule has 28 heavy (non-hydrogen) atoms. The molecular formula is C20H23ClN6S. The van der Waals surface area contributed by atoms with E-state index in [1.54, 1.807) is 17.5 Å². The molecule has 4 rings (SSSR count). The van der Waals surface area contributed by atoms with Gasteiger partial charge in [-0.25, -0.2) is 19.9 Å². The van der Waals surface area contributed by atoms with Crippen LogP contribution in [0.4, 0.5) is 10.9 Å². The third-order valence-corrected chi connectivity index (χ3v) is 6.08. The van der Waals surface area contributed by atoms with E-state index in [0.29, 0.717) is 11.1 Å². The van der Waals surface area contributed by atoms with Gasteiger partial charge in [0.2, 0.25) is 0 Å². The zero-order chi connectivity index (χ0) is 19.5. The SMILES string of the molecule is Cc1cc(Nc2ncc(C)s2)nc(C2CCN(Cc3cccnc3Cl)CC2)n1. The van der Waals surface area contributed by atoms with Gasteiger partial charge in [-0.15, -0.1) is 11.3 Å². The van der Waals surface area contributed by atoms with Gasteiger partial charge >= 0.3 is 0 Å². The van der Waals surface area contributed by atoms with Gasteiger partial charge in [-0.3, -0.25) is 4.90 Å². The molecule has 0 radical (unpaired) electrons. The first-order valence-corrected chi connectivity index (χ1v) is 10.6. The minimum atomic E-state index is 0.374. The molecule has 0 aromatic carbocycles. The van der Waals surface area contributed by atoms with Crippen LogP contribution < -0.4 is 5.32 Å². The Morgan fingerprint density at radius 1 is 1.21 bits per heavy atom. The fraction of sp³-hybridized carbons (Fsp3) is 0.400. The zero-order valence-corrected chi connectivity index (χ0v) is 17.6. The molecule has 0 aliphatic carbocycles. The summed E-state index contributed by atoms with van der Waals surface area (Å²) in [6.45, 7) is 6.91. The maximum absolute atomic E-state index is 6.20. The quantitative estimate of drug-likeness (QED) is 0.609. The molecule has 4 heterocycles. The Labute approximate surface area is 174 Å². The minimum absolute atomic E-state index is 0.374. The monoisotopic (exact) mass is 414 g/mol. The minimum Gasteiger partial charge on any atom is -0.316 e. The topological polar surface area (TPSA) is 66.8 Å². The van der Waals surface area contributed by atoms with Crippen molar-refractivity contribution in [3.05, 3.63) is 57.7 Å². The Balaban J connectivity index is 1.41. The Morgan fingerprint density at radius 3 is 2.75 bits per heavy atom. The average molecular weight is 415 g/mol. The van der Waals surface area contributed by atoms with E-state index in [0.717, 1.165) is 60.5 Å². The van der Waals surface area contributed by atoms with Gasteiger partial charge in [-0.05, 0) is 45.8 Å². The second-order valence-corrected chi connectivity index (χ2v) is 8.75. The normalized spacial score (nSPS) is 15.7. The van der Waals surface area contributed by atoms with Gasteiger partial charge in [-0.1, -0.05) is 17.7 Å². The van der Waals surface area contributed by atoms with E-state index >= 15 is 0 Å². The molecule has 0 atom stereocenters. The summed E-state index contributed by atoms with van der Waals surface area (Å²) in [5, 5.41) is 4.78. The highest BCUT2D eigenvalue weighted by atomic mass is 35.5. The number of anilines is 2. The number of hydrogen-bond acceptors (Lipinski definition) is 7. The lowest BCUT2D eigenvalue weighted by Crippen LogP contribution is -2.33. The number of aromatic nitrogens is 4. The summed E-state index contributed by atoms with van der Waals surface area (Å²) in [6, 6.07) is 5.95. The molecule has 1 N–H and O–H groups in total. The van der Waals surface area contributed by atoms with E-state index in [9.17, 15) is 0 Å². The van der Waals surface area contributed by atoms with Crippen LogP contribution in [0.2, 0.25) is 5.15 Å². The molecule has 0 amide bonds. The first-order valence-electron chi connectivity index (χ1n) is 9.43. The number of nitrogens with one attached hydrogen (secondary N) is 1. The summed E-state index contributed by atoms with van der Waals surface area (Å²) < 4.78 is 0. The van der Waals surface area contributed by atoms with Crippen molar-refractivity contribution in [3.8, 4) is 0 Å². The second-order valence-electron chi connectivity index (χ2n) is 7.16. The molecular weight excluding hydrogens is 392 g/mol. The number of nitrogens with zero attached hydrogens (tertiary/aromatic N) is 5. The van der Waals surface area contributed by atoms with Crippen molar-refractivity contribution in [1.29, 1.82) is 0 Å². The van der Waals surface area contributed by atoms with Crippen molar-refractivity contribution in [2.45, 2.75) is 39.2 Å². The summed E-state index contributed by atoms with van der Waals surface area (Å²) in [4.78, 5) is 21.6. The maximum atomic E-state index is 6.20. The number of hydrogen-bond donors (Lipinski definition) is 1. The maximum Gasteiger partial charge on any atom is 0.188 e. The molecule has 146 valence electrons. The van der Waals surface area contributed by atoms with Gasteiger partial charge in [0.25, 0.3) is 0 Å². The predicted octanol–water partition coefficient (Wildman–Crippen LogP) is 4.72. The van der Waals surface area contributed by atoms with Crippen molar-refractivity contribution >= 4 is 33.9 Å². The van der Waals surface area contributed by atoms with Gasteiger partial charge < -0.3 is 5.32 Å². The number of aryl methyl sites for hydroxylation is 2. The largest absolute Gasteiger partial charge is 0.316 e. The fourth-order valence-electron chi connectivity index (χ4n) is 3.49. The number of likely N-dealkylation sites (tertiary alicyclic amines) is 1. The molecule has 1 aliphatic heterocycles. The summed E-state index contributed by atoms with van der Waals surface area (Å²) >= 11 is 7.83. The zero-order valence-electron chi connectivity index (χ0n) is 16.0. The third kappa shape index (κ3) is 4.66. The molecule has 3 aromatic rings. The fourth-order valence-corrected chi connectivity index (χ4v) is 4.34. The van der Waals surface area contributed by atoms with Gasteiger partial charge in [0.15, 0.2) is 5.13 Å². The predicted molar refractivity (Wildman–Crippen MR) is 113 cm³/mol. The first kappa shape index (κ1) is 19.2. The van der Waals surface area contributed by atoms with Crippen LogP contribution in [-0.2, 0) is 6.54 Å². The smallest absolute Gasteiger partial charge is 0.188 e. The van der Waals surface area contributed by atoms with E-state index in [1.165, 1.54) is 4.88 Å². The van der Waals surface area contributed by atoms with E-state index in [1.807, 2.05) is 38.2 Å². The van der Waals surface area contributed by atoms with Crippen molar-refractivity contribution in [2.75, 3.05) is 18.4 Å². The van der Waals surface area contributed by atoms with Crippen LogP contribution in [0.3, 0.4) is 0 Å². The lowest BCUT2D eigenvalue weighted by atomic mass is 9.95. The number of piperidine rings is 1. The summed E-state index contributed by atoms with van der Waals surface area (Å²) in [6.07, 6.45) is 5.67. The average Bonchev–Trinajstić information content (AvgIpc) is 3.08. The molecule has 0 spiro atoms. The lowest BCUT2D eigenvalue weighted by Gasteiger charge is -2.31. The highest BCUT2D eigenvalue weighted by Gasteiger charge is 2.24. The van der Waals surface area contributed by atoms with Crippen molar-refractivity contribution < 1.29 is 0 Å². The number of thiazole rings is 1. The number of rotatable bonds is 5. The molecule has 0 bridgehead atoms. The van der Waals surface area contributed by atoms with Crippen LogP contribution in [0, 0.1) is 13.8 Å². The van der Waals surface area contributed by atoms with Crippen molar-refractivity contribution in [2.24, 2.45) is 0 Å². The van der Waals surface area contributed by atoms with Crippen LogP contribution in [0.25, 0.3) is 0 Å². The lowest BCUT2D eigenvalue weighted by molar-refractivity contribution is 0.201. The summed E-state index contributed by atoms with van der Waals surface area (Å²) in [7, 11) is 0. The van der Waals surface area contributed by atoms with Crippen LogP contribution in [0.5, 0.6) is 0 Å². The highest BCUT2D eigenvalue weighted by molar-refractivity contribution is 7.15. The molecule has 1 aliphatic rings. The molecule has 1 saturated heterocycles. The van der Waals surface area contributed by atoms with E-state index in [4.69, 9.17) is 21.6 Å². The number of halogens is 1. The molecule has 8 heteroatoms. The van der Waals surface area contributed by atoms with Crippen LogP contribution in [-0.4, -0.2) is 37.9 Å². The second kappa shape index (κ2) is 8.51. The Bertz CT molecular complexity index is 951. The Hall–Kier alpha value is -2.09. The molecule has 3 aromatic heterocycles. The van der Waals surface area contributed by atoms with Crippen molar-refractivity contribution in [3.63, 3.8) is 0 Å². The van der Waals surface area contributed by atoms with E-state index in [2.05, 4.69) is 20.2 Å². The summed E-state index contributed by atoms with van der Waals surface area (Å²) in [5.41, 5.74) is 2.06. The standard InChI is InChI=1S/C20H23ClN6S/c1-13-10-17(26-20-23-11-14(2)28-20)25-19(24-13)15-5-8-27(9-6-15)12-16-4-3-7-22-18(16)21/h3-4,7,10-11,15H,5-6,8-9,12H2,1-2H3,(H,23,24,25,26). The summed E-state index contributed by atoms with van der Waals surface area (Å²) in [5.74, 6) is 2.12. The van der Waals surface area contributed by atoms with Crippen LogP contribution in [0.15, 0.2) is 30.6 Å². The molecule has 0 unspecified atom stereocenters. The molecule has 6 nitrogen and oxygen atoms in total. The highest BCUT2D eigenvalue weighted by Crippen LogP contribution is 2.29. The molecule has 1 fully saturated rings. The van der Waals surface area contributed by atoms with E-state index < -0.39 is 0 Å².